The van der Waals surface area contributed by atoms with Crippen LogP contribution in [0, 0.1) is 6.92 Å². The molecule has 0 saturated heterocycles. The minimum atomic E-state index is 0.0404. The molecule has 4 heteroatoms. The van der Waals surface area contributed by atoms with Gasteiger partial charge in [0.2, 0.25) is 0 Å². The van der Waals surface area contributed by atoms with E-state index in [2.05, 4.69) is 63.1 Å². The zero-order valence-electron chi connectivity index (χ0n) is 14.5. The lowest BCUT2D eigenvalue weighted by molar-refractivity contribution is 0.0883. The minimum absolute atomic E-state index is 0.0404. The maximum atomic E-state index is 6.20. The van der Waals surface area contributed by atoms with Gasteiger partial charge in [0.15, 0.2) is 0 Å². The third kappa shape index (κ3) is 3.74. The largest absolute Gasteiger partial charge is 0.383 e. The molecule has 0 spiro atoms. The number of nitrogens with zero attached hydrogens (tertiary/aromatic N) is 2. The van der Waals surface area contributed by atoms with Crippen LogP contribution in [0.4, 0.5) is 5.82 Å². The molecule has 21 heavy (non-hydrogen) atoms. The normalized spacial score (nSPS) is 13.7. The lowest BCUT2D eigenvalue weighted by Crippen LogP contribution is -2.53. The molecule has 1 aromatic heterocycles. The molecule has 0 aromatic carbocycles. The molecule has 0 aliphatic rings. The Balaban J connectivity index is 3.35. The highest BCUT2D eigenvalue weighted by Crippen LogP contribution is 2.38. The van der Waals surface area contributed by atoms with Gasteiger partial charge in [-0.2, -0.15) is 0 Å². The van der Waals surface area contributed by atoms with E-state index in [9.17, 15) is 0 Å². The maximum Gasteiger partial charge on any atom is 0.128 e. The number of aryl methyl sites for hydroxylation is 1. The fraction of sp³-hybridized carbons (Fsp3) is 0.706. The summed E-state index contributed by atoms with van der Waals surface area (Å²) in [5.41, 5.74) is 8.52. The van der Waals surface area contributed by atoms with E-state index in [1.807, 2.05) is 6.20 Å². The highest BCUT2D eigenvalue weighted by molar-refractivity contribution is 5.44. The number of hydrogen-bond acceptors (Lipinski definition) is 4. The van der Waals surface area contributed by atoms with E-state index in [1.165, 1.54) is 0 Å². The number of hydrogen-bond donors (Lipinski definition) is 2. The van der Waals surface area contributed by atoms with Crippen molar-refractivity contribution >= 4 is 5.82 Å². The van der Waals surface area contributed by atoms with Crippen molar-refractivity contribution < 1.29 is 0 Å². The third-order valence-electron chi connectivity index (χ3n) is 4.65. The summed E-state index contributed by atoms with van der Waals surface area (Å²) in [4.78, 5) is 6.70. The second-order valence-electron chi connectivity index (χ2n) is 6.08. The molecule has 1 aromatic rings. The van der Waals surface area contributed by atoms with Gasteiger partial charge in [0.25, 0.3) is 0 Å². The van der Waals surface area contributed by atoms with Crippen LogP contribution >= 0.6 is 0 Å². The first-order valence-electron chi connectivity index (χ1n) is 8.05. The van der Waals surface area contributed by atoms with Gasteiger partial charge in [0.1, 0.15) is 5.82 Å². The van der Waals surface area contributed by atoms with Crippen molar-refractivity contribution in [2.45, 2.75) is 58.5 Å². The van der Waals surface area contributed by atoms with Crippen LogP contribution in [-0.4, -0.2) is 36.1 Å². The van der Waals surface area contributed by atoms with E-state index >= 15 is 0 Å². The van der Waals surface area contributed by atoms with Crippen molar-refractivity contribution in [2.75, 3.05) is 26.4 Å². The molecule has 0 saturated carbocycles. The molecule has 1 heterocycles. The predicted molar refractivity (Wildman–Crippen MR) is 91.4 cm³/mol. The Hall–Kier alpha value is -1.13. The van der Waals surface area contributed by atoms with Crippen LogP contribution in [-0.2, 0) is 0 Å². The first-order chi connectivity index (χ1) is 9.92. The Labute approximate surface area is 130 Å². The second kappa shape index (κ2) is 7.76. The predicted octanol–water partition coefficient (Wildman–Crippen LogP) is 3.13. The molecule has 3 N–H and O–H groups in total. The molecule has 0 aliphatic heterocycles. The number of anilines is 1. The van der Waals surface area contributed by atoms with Crippen molar-refractivity contribution in [1.82, 2.24) is 15.2 Å². The average Bonchev–Trinajstić information content (AvgIpc) is 2.46. The SMILES string of the molecule is CCCNC(c1cc(C)cnc1N)C(CC)(CC)N(C)C. The van der Waals surface area contributed by atoms with Crippen LogP contribution in [0.25, 0.3) is 0 Å². The zero-order chi connectivity index (χ0) is 16.0. The minimum Gasteiger partial charge on any atom is -0.383 e. The summed E-state index contributed by atoms with van der Waals surface area (Å²) in [5, 5.41) is 3.72. The third-order valence-corrected chi connectivity index (χ3v) is 4.65. The van der Waals surface area contributed by atoms with E-state index < -0.39 is 0 Å². The van der Waals surface area contributed by atoms with Gasteiger partial charge in [-0.05, 0) is 58.5 Å². The van der Waals surface area contributed by atoms with Crippen molar-refractivity contribution in [3.63, 3.8) is 0 Å². The average molecular weight is 292 g/mol. The zero-order valence-corrected chi connectivity index (χ0v) is 14.5. The summed E-state index contributed by atoms with van der Waals surface area (Å²) in [5.74, 6) is 0.641. The van der Waals surface area contributed by atoms with Crippen LogP contribution in [0.15, 0.2) is 12.3 Å². The Morgan fingerprint density at radius 2 is 1.90 bits per heavy atom. The number of likely N-dealkylation sites (N-methyl/N-ethyl adjacent to an activating group) is 1. The van der Waals surface area contributed by atoms with Gasteiger partial charge in [-0.15, -0.1) is 0 Å². The van der Waals surface area contributed by atoms with Gasteiger partial charge in [-0.25, -0.2) is 4.98 Å². The Morgan fingerprint density at radius 3 is 2.38 bits per heavy atom. The molecular weight excluding hydrogens is 260 g/mol. The quantitative estimate of drug-likeness (QED) is 0.773. The standard InChI is InChI=1S/C17H32N4/c1-7-10-19-15(17(8-2,9-3)21(5)6)14-11-13(4)12-20-16(14)18/h11-12,15,19H,7-10H2,1-6H3,(H2,18,20). The summed E-state index contributed by atoms with van der Waals surface area (Å²) < 4.78 is 0. The van der Waals surface area contributed by atoms with E-state index in [-0.39, 0.29) is 11.6 Å². The van der Waals surface area contributed by atoms with E-state index in [4.69, 9.17) is 5.73 Å². The lowest BCUT2D eigenvalue weighted by atomic mass is 9.79. The van der Waals surface area contributed by atoms with Gasteiger partial charge in [-0.1, -0.05) is 20.8 Å². The van der Waals surface area contributed by atoms with Crippen LogP contribution in [0.1, 0.15) is 57.2 Å². The maximum absolute atomic E-state index is 6.20. The summed E-state index contributed by atoms with van der Waals surface area (Å²) in [7, 11) is 4.32. The molecule has 0 bridgehead atoms. The molecule has 1 unspecified atom stereocenters. The van der Waals surface area contributed by atoms with Crippen molar-refractivity contribution in [1.29, 1.82) is 0 Å². The number of nitrogen functional groups attached to an aromatic ring is 1. The van der Waals surface area contributed by atoms with Gasteiger partial charge < -0.3 is 16.0 Å². The Morgan fingerprint density at radius 1 is 1.29 bits per heavy atom. The smallest absolute Gasteiger partial charge is 0.128 e. The van der Waals surface area contributed by atoms with Gasteiger partial charge in [-0.3, -0.25) is 0 Å². The number of nitrogens with one attached hydrogen (secondary N) is 1. The van der Waals surface area contributed by atoms with Crippen LogP contribution in [0.2, 0.25) is 0 Å². The molecule has 1 rings (SSSR count). The van der Waals surface area contributed by atoms with Crippen molar-refractivity contribution in [3.05, 3.63) is 23.4 Å². The summed E-state index contributed by atoms with van der Waals surface area (Å²) in [6, 6.07) is 2.37. The molecule has 4 nitrogen and oxygen atoms in total. The van der Waals surface area contributed by atoms with Crippen LogP contribution in [0.5, 0.6) is 0 Å². The van der Waals surface area contributed by atoms with E-state index in [1.54, 1.807) is 0 Å². The molecule has 0 aliphatic carbocycles. The number of pyridine rings is 1. The van der Waals surface area contributed by atoms with Crippen LogP contribution in [0.3, 0.4) is 0 Å². The first-order valence-corrected chi connectivity index (χ1v) is 8.05. The number of nitrogens with two attached hydrogens (primary N) is 1. The summed E-state index contributed by atoms with van der Waals surface area (Å²) in [6.45, 7) is 9.75. The Kier molecular flexibility index (Phi) is 6.62. The van der Waals surface area contributed by atoms with Crippen molar-refractivity contribution in [3.8, 4) is 0 Å². The Bertz CT molecular complexity index is 438. The van der Waals surface area contributed by atoms with Gasteiger partial charge in [0, 0.05) is 17.3 Å². The molecule has 0 fully saturated rings. The van der Waals surface area contributed by atoms with E-state index in [0.717, 1.165) is 36.9 Å². The topological polar surface area (TPSA) is 54.2 Å². The fourth-order valence-electron chi connectivity index (χ4n) is 3.26. The molecule has 0 amide bonds. The van der Waals surface area contributed by atoms with Crippen LogP contribution < -0.4 is 11.1 Å². The second-order valence-corrected chi connectivity index (χ2v) is 6.08. The van der Waals surface area contributed by atoms with Crippen molar-refractivity contribution in [2.24, 2.45) is 0 Å². The molecule has 1 atom stereocenters. The summed E-state index contributed by atoms with van der Waals surface area (Å²) in [6.07, 6.45) is 5.06. The highest BCUT2D eigenvalue weighted by Gasteiger charge is 2.39. The van der Waals surface area contributed by atoms with Gasteiger partial charge >= 0.3 is 0 Å². The lowest BCUT2D eigenvalue weighted by Gasteiger charge is -2.46. The molecule has 0 radical (unpaired) electrons. The molecular formula is C17H32N4. The first kappa shape index (κ1) is 17.9. The molecule has 120 valence electrons. The fourth-order valence-corrected chi connectivity index (χ4v) is 3.26. The monoisotopic (exact) mass is 292 g/mol. The number of aromatic nitrogens is 1. The van der Waals surface area contributed by atoms with E-state index in [0.29, 0.717) is 5.82 Å². The summed E-state index contributed by atoms with van der Waals surface area (Å²) >= 11 is 0. The highest BCUT2D eigenvalue weighted by atomic mass is 15.2. The number of rotatable bonds is 8. The van der Waals surface area contributed by atoms with Gasteiger partial charge in [0.05, 0.1) is 6.04 Å².